The maximum absolute atomic E-state index is 5.99. The molecule has 18 heavy (non-hydrogen) atoms. The fraction of sp³-hybridized carbons (Fsp3) is 0.250. The van der Waals surface area contributed by atoms with Crippen LogP contribution in [0.5, 0.6) is 5.75 Å². The Labute approximate surface area is 115 Å². The molecule has 0 fully saturated rings. The van der Waals surface area contributed by atoms with Crippen molar-refractivity contribution in [2.24, 2.45) is 0 Å². The smallest absolute Gasteiger partial charge is 0.174 e. The summed E-state index contributed by atoms with van der Waals surface area (Å²) in [6.45, 7) is 0.934. The number of ether oxygens (including phenoxy) is 1. The van der Waals surface area contributed by atoms with E-state index in [1.165, 1.54) is 0 Å². The molecule has 2 rings (SSSR count). The summed E-state index contributed by atoms with van der Waals surface area (Å²) in [5.41, 5.74) is 0.832. The number of aromatic nitrogens is 1. The van der Waals surface area contributed by atoms with Crippen molar-refractivity contribution in [1.29, 1.82) is 0 Å². The lowest BCUT2D eigenvalue weighted by Crippen LogP contribution is -2.04. The van der Waals surface area contributed by atoms with Gasteiger partial charge in [0, 0.05) is 17.6 Å². The van der Waals surface area contributed by atoms with Gasteiger partial charge in [0.25, 0.3) is 0 Å². The van der Waals surface area contributed by atoms with Crippen molar-refractivity contribution in [1.82, 2.24) is 10.5 Å². The van der Waals surface area contributed by atoms with Gasteiger partial charge < -0.3 is 14.6 Å². The normalized spacial score (nSPS) is 10.6. The summed E-state index contributed by atoms with van der Waals surface area (Å²) < 4.78 is 10.6. The van der Waals surface area contributed by atoms with Gasteiger partial charge in [0.1, 0.15) is 12.4 Å². The van der Waals surface area contributed by atoms with Gasteiger partial charge in [-0.3, -0.25) is 0 Å². The highest BCUT2D eigenvalue weighted by molar-refractivity contribution is 6.35. The lowest BCUT2D eigenvalue weighted by Gasteiger charge is -2.05. The molecule has 0 bridgehead atoms. The molecule has 1 N–H and O–H groups in total. The maximum Gasteiger partial charge on any atom is 0.174 e. The van der Waals surface area contributed by atoms with E-state index in [1.807, 2.05) is 13.1 Å². The Hall–Kier alpha value is -1.23. The molecule has 0 atom stereocenters. The van der Waals surface area contributed by atoms with Crippen molar-refractivity contribution in [3.63, 3.8) is 0 Å². The first-order valence-corrected chi connectivity index (χ1v) is 6.11. The van der Waals surface area contributed by atoms with Crippen molar-refractivity contribution in [3.05, 3.63) is 45.8 Å². The van der Waals surface area contributed by atoms with Crippen LogP contribution in [0, 0.1) is 0 Å². The van der Waals surface area contributed by atoms with E-state index in [0.29, 0.717) is 28.1 Å². The van der Waals surface area contributed by atoms with Crippen LogP contribution in [-0.2, 0) is 13.2 Å². The van der Waals surface area contributed by atoms with E-state index in [0.717, 1.165) is 5.69 Å². The fourth-order valence-electron chi connectivity index (χ4n) is 1.43. The van der Waals surface area contributed by atoms with E-state index in [4.69, 9.17) is 32.5 Å². The minimum Gasteiger partial charge on any atom is -0.484 e. The van der Waals surface area contributed by atoms with E-state index < -0.39 is 0 Å². The Kier molecular flexibility index (Phi) is 4.47. The number of halogens is 2. The van der Waals surface area contributed by atoms with E-state index in [9.17, 15) is 0 Å². The van der Waals surface area contributed by atoms with Gasteiger partial charge in [-0.25, -0.2) is 0 Å². The largest absolute Gasteiger partial charge is 0.484 e. The number of hydrogen-bond acceptors (Lipinski definition) is 4. The molecule has 1 aromatic heterocycles. The van der Waals surface area contributed by atoms with Gasteiger partial charge in [-0.1, -0.05) is 28.4 Å². The van der Waals surface area contributed by atoms with Crippen LogP contribution >= 0.6 is 23.2 Å². The van der Waals surface area contributed by atoms with Gasteiger partial charge in [0.05, 0.1) is 10.7 Å². The molecule has 0 saturated carbocycles. The zero-order valence-corrected chi connectivity index (χ0v) is 11.3. The summed E-state index contributed by atoms with van der Waals surface area (Å²) in [5, 5.41) is 7.91. The highest BCUT2D eigenvalue weighted by Gasteiger charge is 2.06. The number of nitrogens with zero attached hydrogens (tertiary/aromatic N) is 1. The quantitative estimate of drug-likeness (QED) is 0.916. The lowest BCUT2D eigenvalue weighted by molar-refractivity contribution is 0.248. The van der Waals surface area contributed by atoms with Crippen LogP contribution in [0.3, 0.4) is 0 Å². The predicted molar refractivity (Wildman–Crippen MR) is 70.1 cm³/mol. The van der Waals surface area contributed by atoms with Crippen LogP contribution < -0.4 is 10.1 Å². The van der Waals surface area contributed by atoms with Crippen LogP contribution in [0.2, 0.25) is 10.0 Å². The monoisotopic (exact) mass is 286 g/mol. The highest BCUT2D eigenvalue weighted by Crippen LogP contribution is 2.28. The van der Waals surface area contributed by atoms with Gasteiger partial charge in [-0.2, -0.15) is 0 Å². The molecule has 0 aliphatic heterocycles. The molecular weight excluding hydrogens is 275 g/mol. The van der Waals surface area contributed by atoms with Crippen molar-refractivity contribution in [2.75, 3.05) is 7.05 Å². The van der Waals surface area contributed by atoms with Gasteiger partial charge in [-0.05, 0) is 25.2 Å². The second kappa shape index (κ2) is 6.09. The molecule has 0 amide bonds. The fourth-order valence-corrected chi connectivity index (χ4v) is 1.89. The molecule has 6 heteroatoms. The topological polar surface area (TPSA) is 47.3 Å². The van der Waals surface area contributed by atoms with Crippen molar-refractivity contribution >= 4 is 23.2 Å². The molecule has 1 heterocycles. The number of rotatable bonds is 5. The molecule has 2 aromatic rings. The summed E-state index contributed by atoms with van der Waals surface area (Å²) in [5.74, 6) is 1.21. The van der Waals surface area contributed by atoms with Crippen molar-refractivity contribution in [2.45, 2.75) is 13.2 Å². The zero-order valence-electron chi connectivity index (χ0n) is 9.74. The number of benzene rings is 1. The van der Waals surface area contributed by atoms with E-state index in [2.05, 4.69) is 10.5 Å². The van der Waals surface area contributed by atoms with Crippen molar-refractivity contribution < 1.29 is 9.26 Å². The van der Waals surface area contributed by atoms with Crippen LogP contribution in [0.15, 0.2) is 28.8 Å². The molecule has 96 valence electrons. The summed E-state index contributed by atoms with van der Waals surface area (Å²) in [7, 11) is 1.85. The first kappa shape index (κ1) is 13.2. The van der Waals surface area contributed by atoms with E-state index >= 15 is 0 Å². The summed E-state index contributed by atoms with van der Waals surface area (Å²) in [4.78, 5) is 0. The number of nitrogens with one attached hydrogen (secondary N) is 1. The van der Waals surface area contributed by atoms with E-state index in [1.54, 1.807) is 18.2 Å². The summed E-state index contributed by atoms with van der Waals surface area (Å²) in [6.07, 6.45) is 0. The van der Waals surface area contributed by atoms with E-state index in [-0.39, 0.29) is 6.61 Å². The van der Waals surface area contributed by atoms with Crippen LogP contribution in [0.25, 0.3) is 0 Å². The van der Waals surface area contributed by atoms with Crippen LogP contribution in [0.1, 0.15) is 11.5 Å². The van der Waals surface area contributed by atoms with Crippen LogP contribution in [-0.4, -0.2) is 12.2 Å². The molecule has 1 aromatic carbocycles. The molecule has 0 unspecified atom stereocenters. The molecular formula is C12H12Cl2N2O2. The first-order chi connectivity index (χ1) is 8.69. The first-order valence-electron chi connectivity index (χ1n) is 5.36. The lowest BCUT2D eigenvalue weighted by atomic mass is 10.3. The molecule has 0 saturated heterocycles. The van der Waals surface area contributed by atoms with Gasteiger partial charge in [0.2, 0.25) is 0 Å². The maximum atomic E-state index is 5.99. The van der Waals surface area contributed by atoms with Crippen molar-refractivity contribution in [3.8, 4) is 5.75 Å². The standard InChI is InChI=1S/C12H12Cl2N2O2/c1-15-6-9-5-10(18-16-9)7-17-12-3-2-8(13)4-11(12)14/h2-5,15H,6-7H2,1H3. The summed E-state index contributed by atoms with van der Waals surface area (Å²) in [6, 6.07) is 6.90. The van der Waals surface area contributed by atoms with Crippen LogP contribution in [0.4, 0.5) is 0 Å². The molecule has 0 spiro atoms. The minimum atomic E-state index is 0.276. The second-order valence-corrected chi connectivity index (χ2v) is 4.52. The van der Waals surface area contributed by atoms with Gasteiger partial charge in [-0.15, -0.1) is 0 Å². The minimum absolute atomic E-state index is 0.276. The Morgan fingerprint density at radius 2 is 2.17 bits per heavy atom. The second-order valence-electron chi connectivity index (χ2n) is 3.68. The third kappa shape index (κ3) is 3.38. The Morgan fingerprint density at radius 1 is 1.33 bits per heavy atom. The molecule has 0 radical (unpaired) electrons. The molecule has 0 aliphatic carbocycles. The molecule has 4 nitrogen and oxygen atoms in total. The zero-order chi connectivity index (χ0) is 13.0. The number of hydrogen-bond donors (Lipinski definition) is 1. The average Bonchev–Trinajstić information content (AvgIpc) is 2.76. The third-order valence-electron chi connectivity index (χ3n) is 2.23. The Morgan fingerprint density at radius 3 is 2.89 bits per heavy atom. The SMILES string of the molecule is CNCc1cc(COc2ccc(Cl)cc2Cl)on1. The third-order valence-corrected chi connectivity index (χ3v) is 2.76. The Balaban J connectivity index is 1.97. The highest BCUT2D eigenvalue weighted by atomic mass is 35.5. The van der Waals surface area contributed by atoms with Gasteiger partial charge >= 0.3 is 0 Å². The van der Waals surface area contributed by atoms with Gasteiger partial charge in [0.15, 0.2) is 5.76 Å². The molecule has 0 aliphatic rings. The predicted octanol–water partition coefficient (Wildman–Crippen LogP) is 3.28. The summed E-state index contributed by atoms with van der Waals surface area (Å²) >= 11 is 11.8. The Bertz CT molecular complexity index is 529. The average molecular weight is 287 g/mol.